The van der Waals surface area contributed by atoms with Crippen LogP contribution in [-0.4, -0.2) is 10.2 Å². The predicted octanol–water partition coefficient (Wildman–Crippen LogP) is 7.13. The summed E-state index contributed by atoms with van der Waals surface area (Å²) in [6.07, 6.45) is 1.88. The van der Waals surface area contributed by atoms with Crippen LogP contribution in [0, 0.1) is 6.92 Å². The van der Waals surface area contributed by atoms with Gasteiger partial charge in [0, 0.05) is 0 Å². The Balaban J connectivity index is 1.27. The van der Waals surface area contributed by atoms with Crippen molar-refractivity contribution < 1.29 is 9.53 Å². The van der Waals surface area contributed by atoms with Gasteiger partial charge in [-0.3, -0.25) is 9.69 Å². The summed E-state index contributed by atoms with van der Waals surface area (Å²) in [6, 6.07) is 30.2. The highest BCUT2D eigenvalue weighted by atomic mass is 32.2. The van der Waals surface area contributed by atoms with Crippen LogP contribution in [-0.2, 0) is 11.4 Å². The van der Waals surface area contributed by atoms with Gasteiger partial charge in [-0.25, -0.2) is 0 Å². The number of hydrogen-bond acceptors (Lipinski definition) is 4. The van der Waals surface area contributed by atoms with Crippen molar-refractivity contribution in [1.82, 2.24) is 0 Å². The lowest BCUT2D eigenvalue weighted by Crippen LogP contribution is -2.27. The van der Waals surface area contributed by atoms with E-state index in [1.807, 2.05) is 73.7 Å². The van der Waals surface area contributed by atoms with Gasteiger partial charge in [0.2, 0.25) is 0 Å². The van der Waals surface area contributed by atoms with Gasteiger partial charge in [0.05, 0.1) is 10.6 Å². The Morgan fingerprint density at radius 2 is 1.70 bits per heavy atom. The monoisotopic (exact) mass is 467 g/mol. The van der Waals surface area contributed by atoms with Crippen LogP contribution in [0.1, 0.15) is 16.7 Å². The maximum absolute atomic E-state index is 13.0. The summed E-state index contributed by atoms with van der Waals surface area (Å²) in [5.74, 6) is 0.694. The molecule has 4 aromatic carbocycles. The molecule has 1 saturated heterocycles. The number of rotatable bonds is 5. The first kappa shape index (κ1) is 21.4. The molecule has 0 saturated carbocycles. The largest absolute Gasteiger partial charge is 0.489 e. The second-order valence-corrected chi connectivity index (χ2v) is 9.57. The van der Waals surface area contributed by atoms with Gasteiger partial charge in [0.25, 0.3) is 5.91 Å². The molecule has 1 heterocycles. The van der Waals surface area contributed by atoms with Crippen LogP contribution in [0.25, 0.3) is 16.8 Å². The van der Waals surface area contributed by atoms with Gasteiger partial charge in [-0.15, -0.1) is 0 Å². The summed E-state index contributed by atoms with van der Waals surface area (Å²) in [5, 5.41) is 2.43. The van der Waals surface area contributed by atoms with Crippen LogP contribution in [0.15, 0.2) is 95.9 Å². The van der Waals surface area contributed by atoms with E-state index in [1.54, 1.807) is 4.90 Å². The summed E-state index contributed by atoms with van der Waals surface area (Å²) in [6.45, 7) is 2.50. The van der Waals surface area contributed by atoms with E-state index >= 15 is 0 Å². The predicted molar refractivity (Wildman–Crippen MR) is 142 cm³/mol. The van der Waals surface area contributed by atoms with E-state index in [0.29, 0.717) is 15.8 Å². The Bertz CT molecular complexity index is 1390. The molecule has 5 heteroatoms. The van der Waals surface area contributed by atoms with Gasteiger partial charge in [0.1, 0.15) is 12.4 Å². The molecule has 3 nitrogen and oxygen atoms in total. The first-order chi connectivity index (χ1) is 16.1. The number of hydrogen-bond donors (Lipinski definition) is 0. The molecule has 0 aromatic heterocycles. The minimum absolute atomic E-state index is 0.0905. The van der Waals surface area contributed by atoms with E-state index < -0.39 is 0 Å². The van der Waals surface area contributed by atoms with Crippen molar-refractivity contribution in [3.8, 4) is 5.75 Å². The van der Waals surface area contributed by atoms with E-state index in [9.17, 15) is 4.79 Å². The Kier molecular flexibility index (Phi) is 5.99. The molecule has 5 rings (SSSR count). The number of carbonyl (C=O) groups excluding carboxylic acids is 1. The van der Waals surface area contributed by atoms with Crippen molar-refractivity contribution in [2.24, 2.45) is 0 Å². The Morgan fingerprint density at radius 3 is 2.48 bits per heavy atom. The summed E-state index contributed by atoms with van der Waals surface area (Å²) in [5.41, 5.74) is 3.94. The molecule has 0 spiro atoms. The standard InChI is InChI=1S/C28H21NO2S2/c1-19-5-4-8-24(15-19)29-27(30)26(33-28(29)32)17-20-10-13-25(14-11-20)31-18-21-9-12-22-6-2-3-7-23(22)16-21/h2-17H,18H2,1H3/b26-17+. The number of thiocarbonyl (C=S) groups is 1. The third-order valence-electron chi connectivity index (χ3n) is 5.45. The fourth-order valence-electron chi connectivity index (χ4n) is 3.76. The summed E-state index contributed by atoms with van der Waals surface area (Å²) in [7, 11) is 0. The van der Waals surface area contributed by atoms with Crippen molar-refractivity contribution in [2.75, 3.05) is 4.90 Å². The first-order valence-electron chi connectivity index (χ1n) is 10.6. The lowest BCUT2D eigenvalue weighted by atomic mass is 10.1. The van der Waals surface area contributed by atoms with Crippen molar-refractivity contribution in [3.63, 3.8) is 0 Å². The first-order valence-corrected chi connectivity index (χ1v) is 11.8. The number of nitrogens with zero attached hydrogens (tertiary/aromatic N) is 1. The molecule has 0 radical (unpaired) electrons. The minimum atomic E-state index is -0.0905. The Labute approximate surface area is 202 Å². The fraction of sp³-hybridized carbons (Fsp3) is 0.0714. The molecule has 33 heavy (non-hydrogen) atoms. The lowest BCUT2D eigenvalue weighted by molar-refractivity contribution is -0.113. The molecule has 1 fully saturated rings. The molecule has 1 aliphatic heterocycles. The van der Waals surface area contributed by atoms with Crippen molar-refractivity contribution in [2.45, 2.75) is 13.5 Å². The van der Waals surface area contributed by atoms with Crippen LogP contribution in [0.5, 0.6) is 5.75 Å². The number of aryl methyl sites for hydroxylation is 1. The number of thioether (sulfide) groups is 1. The van der Waals surface area contributed by atoms with E-state index in [1.165, 1.54) is 22.5 Å². The van der Waals surface area contributed by atoms with Gasteiger partial charge < -0.3 is 4.74 Å². The maximum Gasteiger partial charge on any atom is 0.270 e. The smallest absolute Gasteiger partial charge is 0.270 e. The third kappa shape index (κ3) is 4.70. The Hall–Kier alpha value is -3.41. The zero-order chi connectivity index (χ0) is 22.8. The maximum atomic E-state index is 13.0. The second-order valence-electron chi connectivity index (χ2n) is 7.90. The number of amides is 1. The molecule has 162 valence electrons. The molecule has 0 atom stereocenters. The molecule has 4 aromatic rings. The number of carbonyl (C=O) groups is 1. The molecular formula is C28H21NO2S2. The fourth-order valence-corrected chi connectivity index (χ4v) is 5.06. The molecule has 0 aliphatic carbocycles. The van der Waals surface area contributed by atoms with Crippen LogP contribution >= 0.6 is 24.0 Å². The van der Waals surface area contributed by atoms with Gasteiger partial charge in [-0.2, -0.15) is 0 Å². The van der Waals surface area contributed by atoms with Crippen molar-refractivity contribution in [3.05, 3.63) is 113 Å². The zero-order valence-corrected chi connectivity index (χ0v) is 19.7. The Morgan fingerprint density at radius 1 is 0.909 bits per heavy atom. The molecule has 0 unspecified atom stereocenters. The number of fused-ring (bicyclic) bond motifs is 1. The third-order valence-corrected chi connectivity index (χ3v) is 6.75. The van der Waals surface area contributed by atoms with Crippen LogP contribution in [0.3, 0.4) is 0 Å². The summed E-state index contributed by atoms with van der Waals surface area (Å²) >= 11 is 6.80. The van der Waals surface area contributed by atoms with E-state index in [-0.39, 0.29) is 5.91 Å². The van der Waals surface area contributed by atoms with Gasteiger partial charge in [-0.05, 0) is 70.8 Å². The van der Waals surface area contributed by atoms with E-state index in [2.05, 4.69) is 30.3 Å². The number of benzene rings is 4. The van der Waals surface area contributed by atoms with Crippen molar-refractivity contribution >= 4 is 56.7 Å². The van der Waals surface area contributed by atoms with Gasteiger partial charge >= 0.3 is 0 Å². The highest BCUT2D eigenvalue weighted by Crippen LogP contribution is 2.36. The van der Waals surface area contributed by atoms with Crippen LogP contribution < -0.4 is 9.64 Å². The molecule has 0 N–H and O–H groups in total. The molecule has 1 amide bonds. The van der Waals surface area contributed by atoms with Crippen LogP contribution in [0.4, 0.5) is 5.69 Å². The van der Waals surface area contributed by atoms with Gasteiger partial charge in [-0.1, -0.05) is 84.6 Å². The average molecular weight is 468 g/mol. The zero-order valence-electron chi connectivity index (χ0n) is 18.0. The number of anilines is 1. The average Bonchev–Trinajstić information content (AvgIpc) is 3.11. The van der Waals surface area contributed by atoms with E-state index in [4.69, 9.17) is 17.0 Å². The quantitative estimate of drug-likeness (QED) is 0.231. The highest BCUT2D eigenvalue weighted by molar-refractivity contribution is 8.27. The number of ether oxygens (including phenoxy) is 1. The normalized spacial score (nSPS) is 14.9. The minimum Gasteiger partial charge on any atom is -0.489 e. The summed E-state index contributed by atoms with van der Waals surface area (Å²) in [4.78, 5) is 15.2. The van der Waals surface area contributed by atoms with Gasteiger partial charge in [0.15, 0.2) is 4.32 Å². The molecule has 0 bridgehead atoms. The highest BCUT2D eigenvalue weighted by Gasteiger charge is 2.33. The summed E-state index contributed by atoms with van der Waals surface area (Å²) < 4.78 is 6.52. The molecule has 1 aliphatic rings. The second kappa shape index (κ2) is 9.22. The SMILES string of the molecule is Cc1cccc(N2C(=O)/C(=C\c3ccc(OCc4ccc5ccccc5c4)cc3)SC2=S)c1. The molecular weight excluding hydrogens is 446 g/mol. The van der Waals surface area contributed by atoms with E-state index in [0.717, 1.165) is 28.1 Å². The van der Waals surface area contributed by atoms with Crippen molar-refractivity contribution in [1.29, 1.82) is 0 Å². The van der Waals surface area contributed by atoms with Crippen LogP contribution in [0.2, 0.25) is 0 Å². The lowest BCUT2D eigenvalue weighted by Gasteiger charge is -2.14. The topological polar surface area (TPSA) is 29.5 Å².